The molecule has 2 aromatic carbocycles. The van der Waals surface area contributed by atoms with Gasteiger partial charge in [0.05, 0.1) is 12.8 Å². The quantitative estimate of drug-likeness (QED) is 0.817. The zero-order chi connectivity index (χ0) is 17.1. The number of methoxy groups -OCH3 is 1. The van der Waals surface area contributed by atoms with Gasteiger partial charge in [-0.3, -0.25) is 10.1 Å². The van der Waals surface area contributed by atoms with Crippen LogP contribution in [-0.2, 0) is 4.74 Å². The van der Waals surface area contributed by atoms with Crippen LogP contribution in [0.4, 0.5) is 14.9 Å². The number of hydrogen-bond acceptors (Lipinski definition) is 3. The Labute approximate surface area is 138 Å². The fourth-order valence-electron chi connectivity index (χ4n) is 2.28. The number of benzene rings is 2. The monoisotopic (exact) mass is 335 g/mol. The topological polar surface area (TPSA) is 55.4 Å². The van der Waals surface area contributed by atoms with Crippen LogP contribution >= 0.6 is 11.6 Å². The predicted molar refractivity (Wildman–Crippen MR) is 87.6 cm³/mol. The first kappa shape index (κ1) is 17.0. The van der Waals surface area contributed by atoms with Gasteiger partial charge in [0, 0.05) is 16.1 Å². The number of Topliss-reactive ketones (excluding diaryl/α,β-unsaturated/α-hetero) is 1. The lowest BCUT2D eigenvalue weighted by molar-refractivity contribution is 0.101. The zero-order valence-corrected chi connectivity index (χ0v) is 13.6. The number of anilines is 1. The van der Waals surface area contributed by atoms with Crippen LogP contribution in [-0.4, -0.2) is 19.0 Å². The molecule has 2 aromatic rings. The summed E-state index contributed by atoms with van der Waals surface area (Å²) in [6.45, 7) is 3.08. The van der Waals surface area contributed by atoms with Crippen LogP contribution < -0.4 is 5.32 Å². The van der Waals surface area contributed by atoms with Gasteiger partial charge in [0.15, 0.2) is 5.78 Å². The maximum atomic E-state index is 13.6. The molecule has 0 aliphatic carbocycles. The molecule has 0 unspecified atom stereocenters. The van der Waals surface area contributed by atoms with Crippen LogP contribution in [0.3, 0.4) is 0 Å². The maximum Gasteiger partial charge on any atom is 0.411 e. The molecule has 0 fully saturated rings. The highest BCUT2D eigenvalue weighted by molar-refractivity contribution is 6.32. The molecule has 120 valence electrons. The van der Waals surface area contributed by atoms with E-state index in [-0.39, 0.29) is 11.3 Å². The highest BCUT2D eigenvalue weighted by atomic mass is 35.5. The highest BCUT2D eigenvalue weighted by Crippen LogP contribution is 2.38. The van der Waals surface area contributed by atoms with Crippen molar-refractivity contribution in [3.63, 3.8) is 0 Å². The third-order valence-corrected chi connectivity index (χ3v) is 3.82. The van der Waals surface area contributed by atoms with E-state index in [1.807, 2.05) is 0 Å². The van der Waals surface area contributed by atoms with Crippen LogP contribution in [0.25, 0.3) is 11.1 Å². The summed E-state index contributed by atoms with van der Waals surface area (Å²) in [5, 5.41) is 2.88. The Morgan fingerprint density at radius 2 is 1.96 bits per heavy atom. The summed E-state index contributed by atoms with van der Waals surface area (Å²) in [5.41, 5.74) is 2.03. The molecule has 0 atom stereocenters. The lowest BCUT2D eigenvalue weighted by Gasteiger charge is -2.18. The van der Waals surface area contributed by atoms with Gasteiger partial charge in [-0.15, -0.1) is 0 Å². The third-order valence-electron chi connectivity index (χ3n) is 3.43. The number of carbonyl (C=O) groups excluding carboxylic acids is 2. The van der Waals surface area contributed by atoms with Gasteiger partial charge in [0.25, 0.3) is 0 Å². The normalized spacial score (nSPS) is 10.3. The Kier molecular flexibility index (Phi) is 5.01. The first-order chi connectivity index (χ1) is 10.8. The Bertz CT molecular complexity index is 790. The molecule has 0 aliphatic heterocycles. The van der Waals surface area contributed by atoms with E-state index in [1.54, 1.807) is 13.0 Å². The van der Waals surface area contributed by atoms with Gasteiger partial charge >= 0.3 is 6.09 Å². The highest BCUT2D eigenvalue weighted by Gasteiger charge is 2.21. The second-order valence-electron chi connectivity index (χ2n) is 4.96. The van der Waals surface area contributed by atoms with E-state index in [9.17, 15) is 14.0 Å². The molecule has 0 aliphatic rings. The summed E-state index contributed by atoms with van der Waals surface area (Å²) >= 11 is 6.16. The lowest BCUT2D eigenvalue weighted by atomic mass is 9.93. The second-order valence-corrected chi connectivity index (χ2v) is 5.37. The van der Waals surface area contributed by atoms with E-state index in [4.69, 9.17) is 11.6 Å². The molecule has 0 heterocycles. The van der Waals surface area contributed by atoms with Crippen molar-refractivity contribution < 1.29 is 18.7 Å². The molecule has 0 bridgehead atoms. The van der Waals surface area contributed by atoms with E-state index < -0.39 is 11.9 Å². The van der Waals surface area contributed by atoms with Crippen molar-refractivity contribution in [2.24, 2.45) is 0 Å². The average Bonchev–Trinajstić information content (AvgIpc) is 2.51. The van der Waals surface area contributed by atoms with Crippen molar-refractivity contribution >= 4 is 29.2 Å². The predicted octanol–water partition coefficient (Wildman–Crippen LogP) is 4.84. The first-order valence-corrected chi connectivity index (χ1v) is 7.18. The number of amides is 1. The van der Waals surface area contributed by atoms with Crippen molar-refractivity contribution in [1.29, 1.82) is 0 Å². The van der Waals surface area contributed by atoms with Gasteiger partial charge in [-0.25, -0.2) is 9.18 Å². The minimum Gasteiger partial charge on any atom is -0.453 e. The fraction of sp³-hybridized carbons (Fsp3) is 0.176. The minimum atomic E-state index is -0.706. The Balaban J connectivity index is 2.81. The lowest BCUT2D eigenvalue weighted by Crippen LogP contribution is -2.14. The molecule has 0 saturated heterocycles. The van der Waals surface area contributed by atoms with Crippen LogP contribution in [0.5, 0.6) is 0 Å². The molecule has 1 N–H and O–H groups in total. The molecule has 23 heavy (non-hydrogen) atoms. The van der Waals surface area contributed by atoms with Gasteiger partial charge in [0.2, 0.25) is 0 Å². The van der Waals surface area contributed by atoms with Gasteiger partial charge in [-0.2, -0.15) is 0 Å². The number of ether oxygens (including phenoxy) is 1. The molecule has 0 saturated carbocycles. The molecule has 0 aromatic heterocycles. The van der Waals surface area contributed by atoms with E-state index in [0.29, 0.717) is 27.4 Å². The summed E-state index contributed by atoms with van der Waals surface area (Å²) < 4.78 is 18.2. The van der Waals surface area contributed by atoms with Crippen molar-refractivity contribution in [2.45, 2.75) is 13.8 Å². The number of halogens is 2. The summed E-state index contributed by atoms with van der Waals surface area (Å²) in [7, 11) is 1.23. The molecule has 1 amide bonds. The zero-order valence-electron chi connectivity index (χ0n) is 12.9. The molecular formula is C17H15ClFNO3. The summed E-state index contributed by atoms with van der Waals surface area (Å²) in [6, 6.07) is 7.29. The number of carbonyl (C=O) groups is 2. The minimum absolute atomic E-state index is 0.251. The Morgan fingerprint density at radius 1 is 1.26 bits per heavy atom. The SMILES string of the molecule is COC(=O)Nc1c(C)c(Cl)cc(C(C)=O)c1-c1cccc(F)c1. The Morgan fingerprint density at radius 3 is 2.52 bits per heavy atom. The number of nitrogens with one attached hydrogen (secondary N) is 1. The van der Waals surface area contributed by atoms with Crippen molar-refractivity contribution in [1.82, 2.24) is 0 Å². The number of rotatable bonds is 3. The molecule has 0 spiro atoms. The molecule has 6 heteroatoms. The van der Waals surface area contributed by atoms with Gasteiger partial charge in [-0.1, -0.05) is 23.7 Å². The number of hydrogen-bond donors (Lipinski definition) is 1. The van der Waals surface area contributed by atoms with Crippen LogP contribution in [0.15, 0.2) is 30.3 Å². The summed E-state index contributed by atoms with van der Waals surface area (Å²) in [5.74, 6) is -0.701. The largest absolute Gasteiger partial charge is 0.453 e. The van der Waals surface area contributed by atoms with Crippen molar-refractivity contribution in [3.8, 4) is 11.1 Å². The van der Waals surface area contributed by atoms with E-state index in [2.05, 4.69) is 10.1 Å². The number of ketones is 1. The van der Waals surface area contributed by atoms with Crippen molar-refractivity contribution in [2.75, 3.05) is 12.4 Å². The van der Waals surface area contributed by atoms with Crippen LogP contribution in [0.2, 0.25) is 5.02 Å². The summed E-state index contributed by atoms with van der Waals surface area (Å²) in [6.07, 6.45) is -0.706. The van der Waals surface area contributed by atoms with Gasteiger partial charge < -0.3 is 4.74 Å². The van der Waals surface area contributed by atoms with Crippen LogP contribution in [0.1, 0.15) is 22.8 Å². The van der Waals surface area contributed by atoms with E-state index in [1.165, 1.54) is 38.3 Å². The average molecular weight is 336 g/mol. The van der Waals surface area contributed by atoms with Gasteiger partial charge in [0.1, 0.15) is 5.82 Å². The van der Waals surface area contributed by atoms with Crippen LogP contribution in [0, 0.1) is 12.7 Å². The Hall–Kier alpha value is -2.40. The van der Waals surface area contributed by atoms with Crippen molar-refractivity contribution in [3.05, 3.63) is 52.3 Å². The van der Waals surface area contributed by atoms with E-state index in [0.717, 1.165) is 0 Å². The first-order valence-electron chi connectivity index (χ1n) is 6.80. The second kappa shape index (κ2) is 6.79. The molecule has 4 nitrogen and oxygen atoms in total. The molecular weight excluding hydrogens is 321 g/mol. The maximum absolute atomic E-state index is 13.6. The van der Waals surface area contributed by atoms with E-state index >= 15 is 0 Å². The fourth-order valence-corrected chi connectivity index (χ4v) is 2.48. The van der Waals surface area contributed by atoms with Gasteiger partial charge in [-0.05, 0) is 43.2 Å². The smallest absolute Gasteiger partial charge is 0.411 e. The third kappa shape index (κ3) is 3.51. The standard InChI is InChI=1S/C17H15ClFNO3/c1-9-14(18)8-13(10(2)21)15(16(9)20-17(22)23-3)11-5-4-6-12(19)7-11/h4-8H,1-3H3,(H,20,22). The summed E-state index contributed by atoms with van der Waals surface area (Å²) in [4.78, 5) is 23.6. The molecule has 0 radical (unpaired) electrons. The molecule has 2 rings (SSSR count).